The summed E-state index contributed by atoms with van der Waals surface area (Å²) in [5.41, 5.74) is 3.21. The van der Waals surface area contributed by atoms with Crippen molar-refractivity contribution in [1.29, 1.82) is 0 Å². The minimum atomic E-state index is -0.504. The molecule has 0 spiro atoms. The Morgan fingerprint density at radius 2 is 1.94 bits per heavy atom. The van der Waals surface area contributed by atoms with E-state index in [0.29, 0.717) is 5.13 Å². The highest BCUT2D eigenvalue weighted by atomic mass is 32.1. The Morgan fingerprint density at radius 1 is 1.15 bits per heavy atom. The van der Waals surface area contributed by atoms with Gasteiger partial charge < -0.3 is 14.8 Å². The summed E-state index contributed by atoms with van der Waals surface area (Å²) in [4.78, 5) is 21.8. The molecule has 1 atom stereocenters. The van der Waals surface area contributed by atoms with Crippen molar-refractivity contribution in [2.45, 2.75) is 50.5 Å². The predicted octanol–water partition coefficient (Wildman–Crippen LogP) is 5.29. The lowest BCUT2D eigenvalue weighted by Gasteiger charge is -2.28. The maximum atomic E-state index is 13.4. The molecule has 1 saturated carbocycles. The van der Waals surface area contributed by atoms with E-state index in [2.05, 4.69) is 46.4 Å². The second kappa shape index (κ2) is 8.71. The first-order valence-electron chi connectivity index (χ1n) is 12.2. The van der Waals surface area contributed by atoms with Crippen molar-refractivity contribution in [2.24, 2.45) is 0 Å². The summed E-state index contributed by atoms with van der Waals surface area (Å²) in [5, 5.41) is 3.81. The van der Waals surface area contributed by atoms with Crippen LogP contribution in [0.3, 0.4) is 0 Å². The van der Waals surface area contributed by atoms with Crippen LogP contribution in [0.1, 0.15) is 60.2 Å². The molecule has 3 aromatic rings. The standard InChI is InChI=1S/C27H29N3O3S/c1-2-18-7-3-4-8-20(18)24(30-13-5-6-14-30)23-16-28-26(34-23)29-25(31)27(11-12-27)19-9-10-21-22(15-19)33-17-32-21/h3-4,7-10,15-16,24H,2,5-6,11-14,17H2,1H3,(H,28,29,31). The first-order valence-corrected chi connectivity index (χ1v) is 13.0. The molecule has 2 aromatic carbocycles. The zero-order valence-electron chi connectivity index (χ0n) is 19.4. The Hall–Kier alpha value is -2.90. The number of hydrogen-bond donors (Lipinski definition) is 1. The van der Waals surface area contributed by atoms with Crippen molar-refractivity contribution >= 4 is 22.4 Å². The molecule has 1 unspecified atom stereocenters. The smallest absolute Gasteiger partial charge is 0.236 e. The van der Waals surface area contributed by atoms with E-state index in [0.717, 1.165) is 49.4 Å². The van der Waals surface area contributed by atoms with E-state index >= 15 is 0 Å². The average molecular weight is 476 g/mol. The van der Waals surface area contributed by atoms with Gasteiger partial charge >= 0.3 is 0 Å². The number of amides is 1. The molecule has 1 N–H and O–H groups in total. The largest absolute Gasteiger partial charge is 0.454 e. The number of nitrogens with one attached hydrogen (secondary N) is 1. The van der Waals surface area contributed by atoms with Crippen LogP contribution in [0.5, 0.6) is 11.5 Å². The lowest BCUT2D eigenvalue weighted by molar-refractivity contribution is -0.118. The van der Waals surface area contributed by atoms with Crippen LogP contribution < -0.4 is 14.8 Å². The third-order valence-corrected chi connectivity index (χ3v) is 8.32. The lowest BCUT2D eigenvalue weighted by atomic mass is 9.94. The second-order valence-electron chi connectivity index (χ2n) is 9.37. The van der Waals surface area contributed by atoms with E-state index in [1.807, 2.05) is 24.4 Å². The topological polar surface area (TPSA) is 63.7 Å². The molecule has 1 aliphatic carbocycles. The minimum Gasteiger partial charge on any atom is -0.454 e. The number of aryl methyl sites for hydroxylation is 1. The number of anilines is 1. The van der Waals surface area contributed by atoms with E-state index in [9.17, 15) is 4.79 Å². The molecule has 34 heavy (non-hydrogen) atoms. The van der Waals surface area contributed by atoms with Gasteiger partial charge in [-0.1, -0.05) is 48.6 Å². The molecule has 2 fully saturated rings. The molecule has 6 nitrogen and oxygen atoms in total. The number of thiazole rings is 1. The highest BCUT2D eigenvalue weighted by molar-refractivity contribution is 7.15. The quantitative estimate of drug-likeness (QED) is 0.503. The fourth-order valence-electron chi connectivity index (χ4n) is 5.31. The van der Waals surface area contributed by atoms with Crippen molar-refractivity contribution < 1.29 is 14.3 Å². The molecule has 2 aliphatic heterocycles. The fraction of sp³-hybridized carbons (Fsp3) is 0.407. The van der Waals surface area contributed by atoms with Crippen LogP contribution in [0, 0.1) is 0 Å². The predicted molar refractivity (Wildman–Crippen MR) is 133 cm³/mol. The van der Waals surface area contributed by atoms with Crippen LogP contribution in [0.25, 0.3) is 0 Å². The number of nitrogens with zero attached hydrogens (tertiary/aromatic N) is 2. The number of aromatic nitrogens is 1. The Kier molecular flexibility index (Phi) is 5.54. The van der Waals surface area contributed by atoms with Crippen LogP contribution in [-0.2, 0) is 16.6 Å². The van der Waals surface area contributed by atoms with Crippen molar-refractivity contribution in [3.63, 3.8) is 0 Å². The molecule has 3 aliphatic rings. The summed E-state index contributed by atoms with van der Waals surface area (Å²) in [6.07, 6.45) is 7.07. The van der Waals surface area contributed by atoms with Gasteiger partial charge in [0.05, 0.1) is 11.5 Å². The molecule has 0 radical (unpaired) electrons. The maximum absolute atomic E-state index is 13.4. The number of likely N-dealkylation sites (tertiary alicyclic amines) is 1. The second-order valence-corrected chi connectivity index (χ2v) is 10.4. The Balaban J connectivity index is 1.25. The summed E-state index contributed by atoms with van der Waals surface area (Å²) in [5.74, 6) is 1.47. The SMILES string of the molecule is CCc1ccccc1C(c1cnc(NC(=O)C2(c3ccc4c(c3)OCO4)CC2)s1)N1CCCC1. The van der Waals surface area contributed by atoms with Gasteiger partial charge in [-0.05, 0) is 74.0 Å². The van der Waals surface area contributed by atoms with E-state index < -0.39 is 5.41 Å². The summed E-state index contributed by atoms with van der Waals surface area (Å²) in [6.45, 7) is 4.63. The zero-order chi connectivity index (χ0) is 23.1. The van der Waals surface area contributed by atoms with Crippen LogP contribution in [0.15, 0.2) is 48.7 Å². The number of ether oxygens (including phenoxy) is 2. The average Bonchev–Trinajstić information content (AvgIpc) is 3.22. The summed E-state index contributed by atoms with van der Waals surface area (Å²) in [7, 11) is 0. The monoisotopic (exact) mass is 475 g/mol. The van der Waals surface area contributed by atoms with Gasteiger partial charge in [0, 0.05) is 11.1 Å². The van der Waals surface area contributed by atoms with E-state index in [4.69, 9.17) is 9.47 Å². The number of carbonyl (C=O) groups excluding carboxylic acids is 1. The molecule has 1 saturated heterocycles. The van der Waals surface area contributed by atoms with Crippen molar-refractivity contribution in [3.05, 3.63) is 70.2 Å². The van der Waals surface area contributed by atoms with Crippen LogP contribution in [-0.4, -0.2) is 35.7 Å². The van der Waals surface area contributed by atoms with E-state index in [1.165, 1.54) is 28.8 Å². The lowest BCUT2D eigenvalue weighted by Crippen LogP contribution is -2.27. The summed E-state index contributed by atoms with van der Waals surface area (Å²) >= 11 is 1.60. The van der Waals surface area contributed by atoms with E-state index in [1.54, 1.807) is 11.3 Å². The Bertz CT molecular complexity index is 1210. The van der Waals surface area contributed by atoms with Crippen LogP contribution in [0.4, 0.5) is 5.13 Å². The third kappa shape index (κ3) is 3.77. The summed E-state index contributed by atoms with van der Waals surface area (Å²) < 4.78 is 11.0. The Labute approximate surface area is 203 Å². The molecular formula is C27H29N3O3S. The molecule has 1 aromatic heterocycles. The molecule has 1 amide bonds. The molecule has 7 heteroatoms. The number of fused-ring (bicyclic) bond motifs is 1. The maximum Gasteiger partial charge on any atom is 0.236 e. The number of benzene rings is 2. The van der Waals surface area contributed by atoms with Gasteiger partial charge in [-0.2, -0.15) is 0 Å². The number of carbonyl (C=O) groups is 1. The normalized spacial score (nSPS) is 19.2. The first-order chi connectivity index (χ1) is 16.7. The van der Waals surface area contributed by atoms with Gasteiger partial charge in [-0.3, -0.25) is 9.69 Å². The highest BCUT2D eigenvalue weighted by Gasteiger charge is 2.52. The number of rotatable bonds is 7. The highest BCUT2D eigenvalue weighted by Crippen LogP contribution is 2.51. The van der Waals surface area contributed by atoms with Gasteiger partial charge in [-0.25, -0.2) is 4.98 Å². The molecule has 176 valence electrons. The minimum absolute atomic E-state index is 0.0129. The first kappa shape index (κ1) is 21.6. The van der Waals surface area contributed by atoms with Gasteiger partial charge in [-0.15, -0.1) is 0 Å². The number of hydrogen-bond acceptors (Lipinski definition) is 6. The van der Waals surface area contributed by atoms with Gasteiger partial charge in [0.1, 0.15) is 0 Å². The van der Waals surface area contributed by atoms with Gasteiger partial charge in [0.25, 0.3) is 0 Å². The molecule has 0 bridgehead atoms. The zero-order valence-corrected chi connectivity index (χ0v) is 20.2. The van der Waals surface area contributed by atoms with Crippen LogP contribution >= 0.6 is 11.3 Å². The molecule has 3 heterocycles. The van der Waals surface area contributed by atoms with E-state index in [-0.39, 0.29) is 18.7 Å². The third-order valence-electron chi connectivity index (χ3n) is 7.36. The molecular weight excluding hydrogens is 446 g/mol. The van der Waals surface area contributed by atoms with Gasteiger partial charge in [0.15, 0.2) is 16.6 Å². The van der Waals surface area contributed by atoms with Crippen molar-refractivity contribution in [2.75, 3.05) is 25.2 Å². The van der Waals surface area contributed by atoms with Crippen molar-refractivity contribution in [1.82, 2.24) is 9.88 Å². The van der Waals surface area contributed by atoms with Crippen molar-refractivity contribution in [3.8, 4) is 11.5 Å². The van der Waals surface area contributed by atoms with Crippen LogP contribution in [0.2, 0.25) is 0 Å². The molecule has 6 rings (SSSR count). The Morgan fingerprint density at radius 3 is 2.74 bits per heavy atom. The fourth-order valence-corrected chi connectivity index (χ4v) is 6.27. The van der Waals surface area contributed by atoms with Gasteiger partial charge in [0.2, 0.25) is 12.7 Å². The summed E-state index contributed by atoms with van der Waals surface area (Å²) in [6, 6.07) is 14.7.